The third-order valence-corrected chi connectivity index (χ3v) is 7.81. The van der Waals surface area contributed by atoms with Gasteiger partial charge in [0.1, 0.15) is 17.3 Å². The molecule has 1 unspecified atom stereocenters. The van der Waals surface area contributed by atoms with E-state index in [1.54, 1.807) is 42.5 Å². The lowest BCUT2D eigenvalue weighted by Crippen LogP contribution is -2.29. The largest absolute Gasteiger partial charge is 0.507 e. The van der Waals surface area contributed by atoms with Gasteiger partial charge in [-0.1, -0.05) is 43.4 Å². The summed E-state index contributed by atoms with van der Waals surface area (Å²) in [7, 11) is 2.99. The van der Waals surface area contributed by atoms with Crippen LogP contribution in [0.1, 0.15) is 37.4 Å². The zero-order valence-corrected chi connectivity index (χ0v) is 23.8. The Morgan fingerprint density at radius 3 is 2.59 bits per heavy atom. The van der Waals surface area contributed by atoms with Crippen LogP contribution in [-0.4, -0.2) is 42.6 Å². The molecule has 3 aromatic carbocycles. The van der Waals surface area contributed by atoms with Gasteiger partial charge in [-0.2, -0.15) is 0 Å². The predicted octanol–water partition coefficient (Wildman–Crippen LogP) is 6.50. The Balaban J connectivity index is 1.67. The maximum Gasteiger partial charge on any atom is 0.301 e. The Morgan fingerprint density at radius 1 is 1.05 bits per heavy atom. The monoisotopic (exact) mass is 576 g/mol. The Morgan fingerprint density at radius 2 is 1.85 bits per heavy atom. The number of halogens is 1. The minimum atomic E-state index is -1.05. The van der Waals surface area contributed by atoms with Gasteiger partial charge >= 0.3 is 5.91 Å². The van der Waals surface area contributed by atoms with Crippen molar-refractivity contribution >= 4 is 44.1 Å². The van der Waals surface area contributed by atoms with E-state index in [9.17, 15) is 19.1 Å². The topological polar surface area (TPSA) is 98.2 Å². The van der Waals surface area contributed by atoms with Crippen LogP contribution in [-0.2, 0) is 9.59 Å². The van der Waals surface area contributed by atoms with Gasteiger partial charge in [0.25, 0.3) is 5.78 Å². The van der Waals surface area contributed by atoms with Crippen LogP contribution >= 0.6 is 11.3 Å². The lowest BCUT2D eigenvalue weighted by atomic mass is 9.95. The summed E-state index contributed by atoms with van der Waals surface area (Å²) in [5.41, 5.74) is 1.15. The molecule has 1 aliphatic rings. The zero-order chi connectivity index (χ0) is 29.3. The number of carbonyl (C=O) groups excluding carboxylic acids is 2. The Bertz CT molecular complexity index is 1660. The molecule has 212 valence electrons. The molecule has 0 saturated carbocycles. The quantitative estimate of drug-likeness (QED) is 0.138. The van der Waals surface area contributed by atoms with E-state index in [1.807, 2.05) is 0 Å². The molecule has 1 aliphatic heterocycles. The lowest BCUT2D eigenvalue weighted by Gasteiger charge is -2.24. The lowest BCUT2D eigenvalue weighted by molar-refractivity contribution is -0.132. The van der Waals surface area contributed by atoms with Crippen molar-refractivity contribution in [3.63, 3.8) is 0 Å². The number of methoxy groups -OCH3 is 2. The predicted molar refractivity (Wildman–Crippen MR) is 155 cm³/mol. The standard InChI is InChI=1S/C31H29FN2O6S/c1-17(2)12-13-40-23-11-8-18(15-24(23)39-4)27-26(28(35)19-6-5-7-21(14-19)38-3)29(36)30(37)34(27)31-33-22-10-9-20(32)16-25(22)41-31/h5-11,14-17,27,35H,12-13H2,1-4H3/b28-26+. The summed E-state index contributed by atoms with van der Waals surface area (Å²) >= 11 is 1.08. The Kier molecular flexibility index (Phi) is 7.94. The highest BCUT2D eigenvalue weighted by atomic mass is 32.1. The van der Waals surface area contributed by atoms with Gasteiger partial charge in [0.15, 0.2) is 16.6 Å². The number of benzene rings is 3. The average molecular weight is 577 g/mol. The molecule has 1 atom stereocenters. The maximum absolute atomic E-state index is 13.9. The van der Waals surface area contributed by atoms with Crippen LogP contribution in [0.4, 0.5) is 9.52 Å². The van der Waals surface area contributed by atoms with Crippen LogP contribution in [0.25, 0.3) is 16.0 Å². The fraction of sp³-hybridized carbons (Fsp3) is 0.258. The molecule has 0 radical (unpaired) electrons. The molecule has 2 heterocycles. The van der Waals surface area contributed by atoms with Crippen LogP contribution in [0, 0.1) is 11.7 Å². The molecule has 1 amide bonds. The molecular weight excluding hydrogens is 547 g/mol. The first-order chi connectivity index (χ1) is 19.7. The minimum Gasteiger partial charge on any atom is -0.507 e. The summed E-state index contributed by atoms with van der Waals surface area (Å²) in [4.78, 5) is 32.9. The van der Waals surface area contributed by atoms with Crippen molar-refractivity contribution in [2.75, 3.05) is 25.7 Å². The van der Waals surface area contributed by atoms with Crippen LogP contribution in [0.3, 0.4) is 0 Å². The summed E-state index contributed by atoms with van der Waals surface area (Å²) in [5, 5.41) is 11.6. The number of ketones is 1. The molecule has 4 aromatic rings. The van der Waals surface area contributed by atoms with Crippen LogP contribution in [0.2, 0.25) is 0 Å². The van der Waals surface area contributed by atoms with E-state index < -0.39 is 23.5 Å². The molecule has 1 saturated heterocycles. The van der Waals surface area contributed by atoms with E-state index >= 15 is 0 Å². The number of aliphatic hydroxyl groups excluding tert-OH is 1. The van der Waals surface area contributed by atoms with E-state index in [-0.39, 0.29) is 16.5 Å². The molecule has 0 spiro atoms. The van der Waals surface area contributed by atoms with Gasteiger partial charge in [-0.25, -0.2) is 9.37 Å². The number of carbonyl (C=O) groups is 2. The molecule has 0 aliphatic carbocycles. The molecule has 1 aromatic heterocycles. The number of rotatable bonds is 9. The third kappa shape index (κ3) is 5.47. The fourth-order valence-corrected chi connectivity index (χ4v) is 5.66. The highest BCUT2D eigenvalue weighted by Crippen LogP contribution is 2.46. The number of anilines is 1. The number of amides is 1. The van der Waals surface area contributed by atoms with Crippen molar-refractivity contribution in [1.82, 2.24) is 4.98 Å². The summed E-state index contributed by atoms with van der Waals surface area (Å²) in [6.07, 6.45) is 0.851. The van der Waals surface area contributed by atoms with Gasteiger partial charge in [0, 0.05) is 5.56 Å². The summed E-state index contributed by atoms with van der Waals surface area (Å²) in [6.45, 7) is 4.70. The molecule has 8 nitrogen and oxygen atoms in total. The number of hydrogen-bond acceptors (Lipinski definition) is 8. The minimum absolute atomic E-state index is 0.121. The van der Waals surface area contributed by atoms with E-state index in [0.29, 0.717) is 51.1 Å². The smallest absolute Gasteiger partial charge is 0.301 e. The van der Waals surface area contributed by atoms with E-state index in [2.05, 4.69) is 18.8 Å². The normalized spacial score (nSPS) is 16.5. The van der Waals surface area contributed by atoms with Crippen molar-refractivity contribution in [2.45, 2.75) is 26.3 Å². The molecule has 41 heavy (non-hydrogen) atoms. The van der Waals surface area contributed by atoms with Crippen LogP contribution < -0.4 is 19.1 Å². The van der Waals surface area contributed by atoms with E-state index in [4.69, 9.17) is 14.2 Å². The number of ether oxygens (including phenoxy) is 3. The summed E-state index contributed by atoms with van der Waals surface area (Å²) in [6, 6.07) is 14.8. The van der Waals surface area contributed by atoms with Crippen LogP contribution in [0.15, 0.2) is 66.2 Å². The summed E-state index contributed by atoms with van der Waals surface area (Å²) in [5.74, 6) is -0.703. The first kappa shape index (κ1) is 28.1. The van der Waals surface area contributed by atoms with Gasteiger partial charge in [0.2, 0.25) is 0 Å². The molecule has 1 fully saturated rings. The molecule has 10 heteroatoms. The van der Waals surface area contributed by atoms with Crippen LogP contribution in [0.5, 0.6) is 17.2 Å². The van der Waals surface area contributed by atoms with Crippen molar-refractivity contribution in [3.05, 3.63) is 83.2 Å². The molecule has 5 rings (SSSR count). The van der Waals surface area contributed by atoms with Crippen molar-refractivity contribution < 1.29 is 33.3 Å². The number of hydrogen-bond donors (Lipinski definition) is 1. The highest BCUT2D eigenvalue weighted by molar-refractivity contribution is 7.22. The van der Waals surface area contributed by atoms with Crippen molar-refractivity contribution in [3.8, 4) is 17.2 Å². The zero-order valence-electron chi connectivity index (χ0n) is 23.0. The first-order valence-electron chi connectivity index (χ1n) is 13.0. The number of aliphatic hydroxyl groups is 1. The van der Waals surface area contributed by atoms with Crippen molar-refractivity contribution in [2.24, 2.45) is 5.92 Å². The van der Waals surface area contributed by atoms with Gasteiger partial charge in [0.05, 0.1) is 42.7 Å². The SMILES string of the molecule is COc1cccc(/C(O)=C2\C(=O)C(=O)N(c3nc4ccc(F)cc4s3)C2c2ccc(OCCC(C)C)c(OC)c2)c1. The fourth-order valence-electron chi connectivity index (χ4n) is 4.64. The van der Waals surface area contributed by atoms with Crippen molar-refractivity contribution in [1.29, 1.82) is 0 Å². The number of Topliss-reactive ketones (excluding diaryl/α,β-unsaturated/α-hetero) is 1. The number of fused-ring (bicyclic) bond motifs is 1. The third-order valence-electron chi connectivity index (χ3n) is 6.79. The second-order valence-corrected chi connectivity index (χ2v) is 11.0. The molecule has 1 N–H and O–H groups in total. The van der Waals surface area contributed by atoms with Gasteiger partial charge in [-0.05, 0) is 60.4 Å². The second kappa shape index (κ2) is 11.6. The van der Waals surface area contributed by atoms with Gasteiger partial charge < -0.3 is 19.3 Å². The first-order valence-corrected chi connectivity index (χ1v) is 13.9. The summed E-state index contributed by atoms with van der Waals surface area (Å²) < 4.78 is 31.3. The van der Waals surface area contributed by atoms with E-state index in [1.165, 1.54) is 37.3 Å². The average Bonchev–Trinajstić information content (AvgIpc) is 3.49. The second-order valence-electron chi connectivity index (χ2n) is 9.95. The van der Waals surface area contributed by atoms with Gasteiger partial charge in [-0.15, -0.1) is 0 Å². The Hall–Kier alpha value is -4.44. The number of nitrogens with zero attached hydrogens (tertiary/aromatic N) is 2. The number of aromatic nitrogens is 1. The highest BCUT2D eigenvalue weighted by Gasteiger charge is 2.48. The Labute approximate surface area is 240 Å². The molecule has 0 bridgehead atoms. The van der Waals surface area contributed by atoms with E-state index in [0.717, 1.165) is 17.8 Å². The van der Waals surface area contributed by atoms with Gasteiger partial charge in [-0.3, -0.25) is 14.5 Å². The molecular formula is C31H29FN2O6S. The number of thiazole rings is 1. The maximum atomic E-state index is 13.9.